The number of fused-ring (bicyclic) bond motifs is 2. The van der Waals surface area contributed by atoms with Gasteiger partial charge < -0.3 is 15.5 Å². The smallest absolute Gasteiger partial charge is 0.419 e. The molecule has 1 aliphatic rings. The van der Waals surface area contributed by atoms with E-state index in [0.29, 0.717) is 22.4 Å². The lowest BCUT2D eigenvalue weighted by Crippen LogP contribution is -2.58. The summed E-state index contributed by atoms with van der Waals surface area (Å²) in [6.07, 6.45) is -4.17. The molecule has 4 rings (SSSR count). The zero-order valence-corrected chi connectivity index (χ0v) is 17.6. The summed E-state index contributed by atoms with van der Waals surface area (Å²) in [7, 11) is 0. The molecule has 0 amide bonds. The van der Waals surface area contributed by atoms with Crippen molar-refractivity contribution >= 4 is 16.6 Å². The highest BCUT2D eigenvalue weighted by atomic mass is 19.4. The minimum Gasteiger partial charge on any atom is -0.506 e. The maximum atomic E-state index is 14.3. The Hall–Kier alpha value is -3.38. The van der Waals surface area contributed by atoms with Crippen molar-refractivity contribution < 1.29 is 23.4 Å². The minimum atomic E-state index is -4.97. The summed E-state index contributed by atoms with van der Waals surface area (Å²) in [5, 5.41) is 34.4. The minimum absolute atomic E-state index is 0.0398. The van der Waals surface area contributed by atoms with Crippen molar-refractivity contribution in [2.75, 3.05) is 5.32 Å². The van der Waals surface area contributed by atoms with Gasteiger partial charge in [-0.2, -0.15) is 18.4 Å². The summed E-state index contributed by atoms with van der Waals surface area (Å²) in [5.74, 6) is 0.142. The van der Waals surface area contributed by atoms with Gasteiger partial charge in [-0.25, -0.2) is 9.97 Å². The molecule has 9 heteroatoms. The maximum Gasteiger partial charge on any atom is 0.419 e. The number of nitrogens with one attached hydrogen (secondary N) is 1. The van der Waals surface area contributed by atoms with E-state index in [1.807, 2.05) is 6.07 Å². The number of aliphatic hydroxyl groups is 1. The van der Waals surface area contributed by atoms with E-state index in [9.17, 15) is 28.6 Å². The molecule has 0 bridgehead atoms. The van der Waals surface area contributed by atoms with Gasteiger partial charge in [0.1, 0.15) is 17.6 Å². The number of hydrogen-bond donors (Lipinski definition) is 3. The number of aryl methyl sites for hydroxylation is 1. The number of nitriles is 1. The van der Waals surface area contributed by atoms with Crippen LogP contribution < -0.4 is 5.32 Å². The fourth-order valence-corrected chi connectivity index (χ4v) is 4.66. The molecule has 1 heterocycles. The SMILES string of the molecule is Cc1ncc2c(NC3c4ccc(C#N)c(O)c4C(C)(C)CC3(O)C(F)(F)F)cccc2n1. The van der Waals surface area contributed by atoms with E-state index in [0.717, 1.165) is 0 Å². The van der Waals surface area contributed by atoms with Crippen LogP contribution in [0.5, 0.6) is 5.75 Å². The van der Waals surface area contributed by atoms with Gasteiger partial charge in [-0.15, -0.1) is 0 Å². The molecule has 0 radical (unpaired) electrons. The third-order valence-corrected chi connectivity index (χ3v) is 6.04. The van der Waals surface area contributed by atoms with Crippen molar-refractivity contribution in [3.63, 3.8) is 0 Å². The second-order valence-electron chi connectivity index (χ2n) is 8.75. The predicted molar refractivity (Wildman–Crippen MR) is 112 cm³/mol. The van der Waals surface area contributed by atoms with Crippen molar-refractivity contribution in [2.45, 2.75) is 50.4 Å². The molecular weight excluding hydrogens is 421 g/mol. The Morgan fingerprint density at radius 3 is 2.59 bits per heavy atom. The molecule has 1 aromatic heterocycles. The summed E-state index contributed by atoms with van der Waals surface area (Å²) >= 11 is 0. The van der Waals surface area contributed by atoms with Gasteiger partial charge in [0.2, 0.25) is 0 Å². The molecule has 3 aromatic rings. The monoisotopic (exact) mass is 442 g/mol. The van der Waals surface area contributed by atoms with Crippen LogP contribution >= 0.6 is 0 Å². The molecule has 0 fully saturated rings. The lowest BCUT2D eigenvalue weighted by molar-refractivity contribution is -0.275. The third kappa shape index (κ3) is 3.22. The van der Waals surface area contributed by atoms with Crippen molar-refractivity contribution in [3.8, 4) is 11.8 Å². The first-order chi connectivity index (χ1) is 14.9. The van der Waals surface area contributed by atoms with Crippen LogP contribution in [0.4, 0.5) is 18.9 Å². The number of anilines is 1. The molecular formula is C23H21F3N4O2. The quantitative estimate of drug-likeness (QED) is 0.534. The van der Waals surface area contributed by atoms with Gasteiger partial charge in [-0.05, 0) is 42.5 Å². The van der Waals surface area contributed by atoms with Gasteiger partial charge >= 0.3 is 6.18 Å². The van der Waals surface area contributed by atoms with E-state index in [1.54, 1.807) is 25.1 Å². The predicted octanol–water partition coefficient (Wildman–Crippen LogP) is 4.64. The topological polar surface area (TPSA) is 102 Å². The van der Waals surface area contributed by atoms with Gasteiger partial charge in [-0.1, -0.05) is 26.0 Å². The lowest BCUT2D eigenvalue weighted by atomic mass is 9.63. The highest BCUT2D eigenvalue weighted by Gasteiger charge is 2.64. The maximum absolute atomic E-state index is 14.3. The lowest BCUT2D eigenvalue weighted by Gasteiger charge is -2.49. The highest BCUT2D eigenvalue weighted by molar-refractivity contribution is 5.91. The molecule has 3 N–H and O–H groups in total. The van der Waals surface area contributed by atoms with Crippen LogP contribution in [-0.2, 0) is 5.41 Å². The molecule has 0 saturated heterocycles. The van der Waals surface area contributed by atoms with E-state index in [2.05, 4.69) is 15.3 Å². The van der Waals surface area contributed by atoms with Crippen LogP contribution in [0.15, 0.2) is 36.5 Å². The molecule has 0 spiro atoms. The van der Waals surface area contributed by atoms with Crippen LogP contribution in [0, 0.1) is 18.3 Å². The first kappa shape index (κ1) is 21.8. The van der Waals surface area contributed by atoms with Gasteiger partial charge in [0.25, 0.3) is 0 Å². The number of phenolic OH excluding ortho intramolecular Hbond substituents is 1. The van der Waals surface area contributed by atoms with Crippen molar-refractivity contribution in [3.05, 3.63) is 59.0 Å². The zero-order chi connectivity index (χ0) is 23.5. The van der Waals surface area contributed by atoms with Crippen LogP contribution in [0.1, 0.15) is 48.8 Å². The fraction of sp³-hybridized carbons (Fsp3) is 0.348. The number of aromatic nitrogens is 2. The Bertz CT molecular complexity index is 1270. The zero-order valence-electron chi connectivity index (χ0n) is 17.6. The summed E-state index contributed by atoms with van der Waals surface area (Å²) in [6.45, 7) is 4.72. The van der Waals surface area contributed by atoms with Crippen molar-refractivity contribution in [1.29, 1.82) is 5.26 Å². The van der Waals surface area contributed by atoms with E-state index < -0.39 is 29.7 Å². The van der Waals surface area contributed by atoms with Gasteiger partial charge in [-0.3, -0.25) is 0 Å². The summed E-state index contributed by atoms with van der Waals surface area (Å²) < 4.78 is 42.9. The summed E-state index contributed by atoms with van der Waals surface area (Å²) in [5.41, 5.74) is -3.31. The molecule has 6 nitrogen and oxygen atoms in total. The Kier molecular flexibility index (Phi) is 4.82. The van der Waals surface area contributed by atoms with E-state index in [-0.39, 0.29) is 22.4 Å². The molecule has 1 aliphatic carbocycles. The second-order valence-corrected chi connectivity index (χ2v) is 8.75. The average Bonchev–Trinajstić information content (AvgIpc) is 2.69. The number of phenols is 1. The van der Waals surface area contributed by atoms with Crippen molar-refractivity contribution in [2.24, 2.45) is 0 Å². The molecule has 32 heavy (non-hydrogen) atoms. The first-order valence-corrected chi connectivity index (χ1v) is 9.93. The Balaban J connectivity index is 1.97. The number of halogens is 3. The third-order valence-electron chi connectivity index (χ3n) is 6.04. The number of rotatable bonds is 2. The van der Waals surface area contributed by atoms with Crippen LogP contribution in [-0.4, -0.2) is 32.0 Å². The highest BCUT2D eigenvalue weighted by Crippen LogP contribution is 2.56. The largest absolute Gasteiger partial charge is 0.506 e. The standard InChI is InChI=1S/C23H21F3N4O2/c1-12-28-10-15-16(29-12)5-4-6-17(15)30-20-14-8-7-13(9-27)19(31)18(14)21(2,3)11-22(20,32)23(24,25)26/h4-8,10,20,30-32H,11H2,1-3H3. The van der Waals surface area contributed by atoms with Crippen LogP contribution in [0.25, 0.3) is 10.9 Å². The first-order valence-electron chi connectivity index (χ1n) is 9.93. The number of nitrogens with zero attached hydrogens (tertiary/aromatic N) is 3. The van der Waals surface area contributed by atoms with Gasteiger partial charge in [0.05, 0.1) is 17.1 Å². The van der Waals surface area contributed by atoms with E-state index in [1.165, 1.54) is 32.2 Å². The van der Waals surface area contributed by atoms with Crippen LogP contribution in [0.2, 0.25) is 0 Å². The number of aromatic hydroxyl groups is 1. The Morgan fingerprint density at radius 2 is 1.94 bits per heavy atom. The van der Waals surface area contributed by atoms with Gasteiger partial charge in [0, 0.05) is 22.8 Å². The molecule has 166 valence electrons. The number of alkyl halides is 3. The molecule has 0 aliphatic heterocycles. The number of hydrogen-bond acceptors (Lipinski definition) is 6. The Labute approximate surface area is 182 Å². The average molecular weight is 442 g/mol. The second kappa shape index (κ2) is 7.07. The van der Waals surface area contributed by atoms with Crippen molar-refractivity contribution in [1.82, 2.24) is 9.97 Å². The molecule has 2 aromatic carbocycles. The summed E-state index contributed by atoms with van der Waals surface area (Å²) in [6, 6.07) is 7.78. The van der Waals surface area contributed by atoms with E-state index >= 15 is 0 Å². The molecule has 2 unspecified atom stereocenters. The molecule has 2 atom stereocenters. The fourth-order valence-electron chi connectivity index (χ4n) is 4.66. The molecule has 0 saturated carbocycles. The van der Waals surface area contributed by atoms with Gasteiger partial charge in [0.15, 0.2) is 5.60 Å². The van der Waals surface area contributed by atoms with E-state index in [4.69, 9.17) is 0 Å². The summed E-state index contributed by atoms with van der Waals surface area (Å²) in [4.78, 5) is 8.45. The van der Waals surface area contributed by atoms with Crippen LogP contribution in [0.3, 0.4) is 0 Å². The number of benzene rings is 2. The normalized spacial score (nSPS) is 22.2. The Morgan fingerprint density at radius 1 is 1.22 bits per heavy atom.